The number of aliphatic hydroxyl groups excluding tert-OH is 1. The molecule has 8 nitrogen and oxygen atoms in total. The lowest BCUT2D eigenvalue weighted by Gasteiger charge is -2.29. The first-order valence-electron chi connectivity index (χ1n) is 11.5. The fourth-order valence-corrected chi connectivity index (χ4v) is 4.21. The van der Waals surface area contributed by atoms with Crippen molar-refractivity contribution in [1.29, 1.82) is 0 Å². The van der Waals surface area contributed by atoms with Crippen LogP contribution in [0, 0.1) is 0 Å². The lowest BCUT2D eigenvalue weighted by molar-refractivity contribution is -0.234. The lowest BCUT2D eigenvalue weighted by Crippen LogP contribution is -2.41. The van der Waals surface area contributed by atoms with Crippen LogP contribution in [0.4, 0.5) is 11.5 Å². The Hall–Kier alpha value is -2.68. The number of hydrogen-bond acceptors (Lipinski definition) is 7. The molecule has 0 spiro atoms. The number of pyridine rings is 1. The van der Waals surface area contributed by atoms with Gasteiger partial charge in [0, 0.05) is 38.9 Å². The third kappa shape index (κ3) is 5.29. The molecule has 0 aliphatic carbocycles. The molecule has 1 aliphatic rings. The molecule has 0 radical (unpaired) electrons. The van der Waals surface area contributed by atoms with Gasteiger partial charge < -0.3 is 24.0 Å². The van der Waals surface area contributed by atoms with Gasteiger partial charge in [-0.25, -0.2) is 9.97 Å². The fourth-order valence-electron chi connectivity index (χ4n) is 4.21. The van der Waals surface area contributed by atoms with E-state index in [1.807, 2.05) is 56.6 Å². The molecule has 1 aromatic carbocycles. The van der Waals surface area contributed by atoms with Crippen molar-refractivity contribution in [2.75, 3.05) is 25.0 Å². The molecule has 4 rings (SSSR count). The number of anilines is 2. The minimum Gasteiger partial charge on any atom is -0.489 e. The van der Waals surface area contributed by atoms with Crippen LogP contribution in [0.5, 0.6) is 5.75 Å². The van der Waals surface area contributed by atoms with E-state index < -0.39 is 12.0 Å². The van der Waals surface area contributed by atoms with Crippen molar-refractivity contribution in [3.63, 3.8) is 0 Å². The lowest BCUT2D eigenvalue weighted by atomic mass is 10.1. The maximum Gasteiger partial charge on any atom is 0.216 e. The molecule has 2 unspecified atom stereocenters. The Bertz CT molecular complexity index is 1110. The summed E-state index contributed by atoms with van der Waals surface area (Å²) in [6, 6.07) is 8.27. The van der Waals surface area contributed by atoms with Crippen LogP contribution in [0.15, 0.2) is 36.8 Å². The van der Waals surface area contributed by atoms with Crippen molar-refractivity contribution in [3.8, 4) is 5.75 Å². The van der Waals surface area contributed by atoms with Crippen molar-refractivity contribution in [2.45, 2.75) is 58.7 Å². The van der Waals surface area contributed by atoms with Crippen LogP contribution in [0.25, 0.3) is 11.0 Å². The second-order valence-corrected chi connectivity index (χ2v) is 9.67. The van der Waals surface area contributed by atoms with Crippen LogP contribution in [-0.2, 0) is 18.2 Å². The number of imidazole rings is 1. The van der Waals surface area contributed by atoms with Gasteiger partial charge in [-0.05, 0) is 57.4 Å². The minimum absolute atomic E-state index is 0.0189. The van der Waals surface area contributed by atoms with Gasteiger partial charge in [-0.1, -0.05) is 6.92 Å². The second kappa shape index (κ2) is 9.29. The topological polar surface area (TPSA) is 75.9 Å². The number of fused-ring (bicyclic) bond motifs is 1. The molecule has 178 valence electrons. The molecule has 1 N–H and O–H groups in total. The third-order valence-corrected chi connectivity index (χ3v) is 5.98. The molecule has 8 heteroatoms. The van der Waals surface area contributed by atoms with E-state index in [-0.39, 0.29) is 6.10 Å². The summed E-state index contributed by atoms with van der Waals surface area (Å²) in [7, 11) is 4.02. The summed E-state index contributed by atoms with van der Waals surface area (Å²) in [5.74, 6) is 1.71. The van der Waals surface area contributed by atoms with E-state index in [2.05, 4.69) is 40.0 Å². The van der Waals surface area contributed by atoms with Crippen LogP contribution < -0.4 is 9.64 Å². The standard InChI is InChI=1S/C25H35N5O3/c1-7-17-12-18(32-19-10-11-30(15-19)24(31)33-25(2,3)4)8-9-21(17)29(6)23-13-22-20(14-26-23)27-16-28(22)5/h8-9,12-14,16,19,24,31H,7,10-11,15H2,1-6H3. The molecule has 1 saturated heterocycles. The van der Waals surface area contributed by atoms with Crippen molar-refractivity contribution < 1.29 is 14.6 Å². The van der Waals surface area contributed by atoms with Gasteiger partial charge in [0.05, 0.1) is 23.6 Å². The van der Waals surface area contributed by atoms with Gasteiger partial charge in [0.2, 0.25) is 6.41 Å². The number of benzene rings is 1. The van der Waals surface area contributed by atoms with Crippen LogP contribution in [0.3, 0.4) is 0 Å². The number of aliphatic hydroxyl groups is 1. The van der Waals surface area contributed by atoms with Gasteiger partial charge in [-0.3, -0.25) is 4.90 Å². The molecule has 3 aromatic rings. The van der Waals surface area contributed by atoms with Crippen LogP contribution >= 0.6 is 0 Å². The van der Waals surface area contributed by atoms with Crippen LogP contribution in [-0.4, -0.2) is 62.8 Å². The van der Waals surface area contributed by atoms with Crippen molar-refractivity contribution in [2.24, 2.45) is 7.05 Å². The van der Waals surface area contributed by atoms with Crippen molar-refractivity contribution in [1.82, 2.24) is 19.4 Å². The van der Waals surface area contributed by atoms with E-state index in [9.17, 15) is 5.11 Å². The second-order valence-electron chi connectivity index (χ2n) is 9.67. The predicted molar refractivity (Wildman–Crippen MR) is 130 cm³/mol. The van der Waals surface area contributed by atoms with E-state index in [0.717, 1.165) is 47.7 Å². The highest BCUT2D eigenvalue weighted by molar-refractivity contribution is 5.79. The Morgan fingerprint density at radius 2 is 2.03 bits per heavy atom. The molecule has 3 heterocycles. The van der Waals surface area contributed by atoms with Gasteiger partial charge in [0.1, 0.15) is 23.2 Å². The Morgan fingerprint density at radius 3 is 2.76 bits per heavy atom. The smallest absolute Gasteiger partial charge is 0.216 e. The Morgan fingerprint density at radius 1 is 1.24 bits per heavy atom. The van der Waals surface area contributed by atoms with E-state index in [1.165, 1.54) is 5.56 Å². The third-order valence-electron chi connectivity index (χ3n) is 5.98. The summed E-state index contributed by atoms with van der Waals surface area (Å²) in [6.07, 6.45) is 4.45. The quantitative estimate of drug-likeness (QED) is 0.545. The first kappa shape index (κ1) is 23.5. The number of aromatic nitrogens is 3. The molecule has 0 saturated carbocycles. The normalized spacial score (nSPS) is 18.1. The van der Waals surface area contributed by atoms with E-state index in [1.54, 1.807) is 6.33 Å². The molecule has 2 atom stereocenters. The van der Waals surface area contributed by atoms with Crippen LogP contribution in [0.2, 0.25) is 0 Å². The monoisotopic (exact) mass is 453 g/mol. The van der Waals surface area contributed by atoms with E-state index >= 15 is 0 Å². The molecule has 0 bridgehead atoms. The highest BCUT2D eigenvalue weighted by atomic mass is 16.6. The van der Waals surface area contributed by atoms with Gasteiger partial charge in [0.25, 0.3) is 0 Å². The summed E-state index contributed by atoms with van der Waals surface area (Å²) < 4.78 is 14.0. The number of hydrogen-bond donors (Lipinski definition) is 1. The molecular weight excluding hydrogens is 418 g/mol. The van der Waals surface area contributed by atoms with Gasteiger partial charge in [-0.15, -0.1) is 0 Å². The average Bonchev–Trinajstić information content (AvgIpc) is 3.38. The highest BCUT2D eigenvalue weighted by Gasteiger charge is 2.31. The zero-order valence-electron chi connectivity index (χ0n) is 20.4. The summed E-state index contributed by atoms with van der Waals surface area (Å²) in [5, 5.41) is 10.4. The van der Waals surface area contributed by atoms with Gasteiger partial charge in [-0.2, -0.15) is 0 Å². The first-order valence-corrected chi connectivity index (χ1v) is 11.5. The summed E-state index contributed by atoms with van der Waals surface area (Å²) in [6.45, 7) is 9.34. The largest absolute Gasteiger partial charge is 0.489 e. The molecular formula is C25H35N5O3. The van der Waals surface area contributed by atoms with Crippen molar-refractivity contribution in [3.05, 3.63) is 42.4 Å². The first-order chi connectivity index (χ1) is 15.6. The zero-order valence-corrected chi connectivity index (χ0v) is 20.4. The SMILES string of the molecule is CCc1cc(OC2CCN(C(O)OC(C)(C)C)C2)ccc1N(C)c1cc2c(cn1)ncn2C. The fraction of sp³-hybridized carbons (Fsp3) is 0.520. The summed E-state index contributed by atoms with van der Waals surface area (Å²) >= 11 is 0. The minimum atomic E-state index is -0.912. The maximum absolute atomic E-state index is 10.4. The average molecular weight is 454 g/mol. The molecule has 1 fully saturated rings. The molecule has 1 aliphatic heterocycles. The Balaban J connectivity index is 1.46. The highest BCUT2D eigenvalue weighted by Crippen LogP contribution is 2.32. The van der Waals surface area contributed by atoms with Crippen LogP contribution in [0.1, 0.15) is 39.7 Å². The molecule has 2 aromatic heterocycles. The number of ether oxygens (including phenoxy) is 2. The molecule has 0 amide bonds. The summed E-state index contributed by atoms with van der Waals surface area (Å²) in [5.41, 5.74) is 3.83. The van der Waals surface area contributed by atoms with E-state index in [4.69, 9.17) is 9.47 Å². The summed E-state index contributed by atoms with van der Waals surface area (Å²) in [4.78, 5) is 13.0. The zero-order chi connectivity index (χ0) is 23.8. The van der Waals surface area contributed by atoms with Crippen molar-refractivity contribution >= 4 is 22.5 Å². The van der Waals surface area contributed by atoms with Gasteiger partial charge in [0.15, 0.2) is 0 Å². The number of nitrogens with zero attached hydrogens (tertiary/aromatic N) is 5. The van der Waals surface area contributed by atoms with Gasteiger partial charge >= 0.3 is 0 Å². The molecule has 33 heavy (non-hydrogen) atoms. The Kier molecular flexibility index (Phi) is 6.61. The number of aryl methyl sites for hydroxylation is 2. The number of likely N-dealkylation sites (tertiary alicyclic amines) is 1. The predicted octanol–water partition coefficient (Wildman–Crippen LogP) is 3.84. The Labute approximate surface area is 195 Å². The van der Waals surface area contributed by atoms with E-state index in [0.29, 0.717) is 6.54 Å². The maximum atomic E-state index is 10.4. The number of rotatable bonds is 7.